The van der Waals surface area contributed by atoms with E-state index in [1.807, 2.05) is 16.8 Å². The molecule has 0 aromatic carbocycles. The molecule has 0 saturated carbocycles. The van der Waals surface area contributed by atoms with Crippen LogP contribution in [-0.2, 0) is 0 Å². The summed E-state index contributed by atoms with van der Waals surface area (Å²) in [6.45, 7) is 10.2. The Morgan fingerprint density at radius 2 is 2.14 bits per heavy atom. The second-order valence-corrected chi connectivity index (χ2v) is 7.22. The van der Waals surface area contributed by atoms with E-state index < -0.39 is 0 Å². The Hall–Kier alpha value is -1.30. The van der Waals surface area contributed by atoms with Gasteiger partial charge in [0.25, 0.3) is 5.91 Å². The Balaban J connectivity index is 2.25. The number of carbonyl (C=O) groups excluding carboxylic acids is 1. The molecule has 0 radical (unpaired) electrons. The highest BCUT2D eigenvalue weighted by atomic mass is 32.1. The van der Waals surface area contributed by atoms with E-state index in [1.165, 1.54) is 17.8 Å². The lowest BCUT2D eigenvalue weighted by atomic mass is 9.86. The largest absolute Gasteiger partial charge is 0.382 e. The van der Waals surface area contributed by atoms with Crippen molar-refractivity contribution in [3.63, 3.8) is 0 Å². The zero-order valence-electron chi connectivity index (χ0n) is 13.6. The minimum atomic E-state index is 0.0339. The lowest BCUT2D eigenvalue weighted by molar-refractivity contribution is 0.0461. The van der Waals surface area contributed by atoms with Crippen molar-refractivity contribution in [1.82, 2.24) is 9.88 Å². The van der Waals surface area contributed by atoms with E-state index in [0.717, 1.165) is 18.2 Å². The Labute approximate surface area is 131 Å². The number of nitrogens with two attached hydrogens (primary N) is 1. The highest BCUT2D eigenvalue weighted by molar-refractivity contribution is 7.18. The zero-order chi connectivity index (χ0) is 15.7. The maximum atomic E-state index is 12.8. The number of anilines is 2. The third-order valence-corrected chi connectivity index (χ3v) is 5.67. The number of carbonyl (C=O) groups is 1. The lowest BCUT2D eigenvalue weighted by Gasteiger charge is -2.40. The van der Waals surface area contributed by atoms with E-state index in [2.05, 4.69) is 32.7 Å². The molecule has 2 rings (SSSR count). The first-order valence-corrected chi connectivity index (χ1v) is 8.45. The van der Waals surface area contributed by atoms with Gasteiger partial charge in [-0.1, -0.05) is 25.2 Å². The first-order chi connectivity index (χ1) is 9.85. The first-order valence-electron chi connectivity index (χ1n) is 7.63. The van der Waals surface area contributed by atoms with Gasteiger partial charge >= 0.3 is 0 Å². The molecule has 6 heteroatoms. The van der Waals surface area contributed by atoms with Crippen LogP contribution in [0.25, 0.3) is 0 Å². The third kappa shape index (κ3) is 3.15. The van der Waals surface area contributed by atoms with Crippen molar-refractivity contribution >= 4 is 28.2 Å². The smallest absolute Gasteiger partial charge is 0.268 e. The standard InChI is InChI=1S/C15H26N4OS/c1-6-18(5)15-17-13(16)12(21-15)14(20)19-8-9(2)7-10(3)11(19)4/h9-11H,6-8,16H2,1-5H3. The quantitative estimate of drug-likeness (QED) is 0.932. The molecule has 0 bridgehead atoms. The summed E-state index contributed by atoms with van der Waals surface area (Å²) in [5.41, 5.74) is 5.98. The molecule has 1 aromatic rings. The number of nitrogens with zero attached hydrogens (tertiary/aromatic N) is 3. The fourth-order valence-electron chi connectivity index (χ4n) is 2.89. The summed E-state index contributed by atoms with van der Waals surface area (Å²) in [7, 11) is 1.96. The van der Waals surface area contributed by atoms with Crippen LogP contribution in [0, 0.1) is 11.8 Å². The van der Waals surface area contributed by atoms with Gasteiger partial charge in [-0.3, -0.25) is 4.79 Å². The fourth-order valence-corrected chi connectivity index (χ4v) is 3.85. The van der Waals surface area contributed by atoms with Gasteiger partial charge in [0.1, 0.15) is 10.7 Å². The van der Waals surface area contributed by atoms with Crippen molar-refractivity contribution < 1.29 is 4.79 Å². The number of hydrogen-bond acceptors (Lipinski definition) is 5. The van der Waals surface area contributed by atoms with E-state index in [-0.39, 0.29) is 11.9 Å². The summed E-state index contributed by atoms with van der Waals surface area (Å²) in [4.78, 5) is 21.7. The molecule has 1 saturated heterocycles. The van der Waals surface area contributed by atoms with Crippen LogP contribution in [0.3, 0.4) is 0 Å². The van der Waals surface area contributed by atoms with Crippen molar-refractivity contribution in [2.75, 3.05) is 30.8 Å². The van der Waals surface area contributed by atoms with E-state index in [1.54, 1.807) is 0 Å². The number of likely N-dealkylation sites (tertiary alicyclic amines) is 1. The molecule has 118 valence electrons. The molecule has 5 nitrogen and oxygen atoms in total. The van der Waals surface area contributed by atoms with Gasteiger partial charge in [-0.2, -0.15) is 0 Å². The lowest BCUT2D eigenvalue weighted by Crippen LogP contribution is -2.48. The highest BCUT2D eigenvalue weighted by Gasteiger charge is 2.34. The van der Waals surface area contributed by atoms with E-state index in [4.69, 9.17) is 5.73 Å². The summed E-state index contributed by atoms with van der Waals surface area (Å²) in [6.07, 6.45) is 1.17. The minimum Gasteiger partial charge on any atom is -0.382 e. The van der Waals surface area contributed by atoms with E-state index in [9.17, 15) is 4.79 Å². The van der Waals surface area contributed by atoms with Crippen molar-refractivity contribution in [1.29, 1.82) is 0 Å². The van der Waals surface area contributed by atoms with Gasteiger partial charge in [-0.25, -0.2) is 4.98 Å². The van der Waals surface area contributed by atoms with Crippen molar-refractivity contribution in [3.05, 3.63) is 4.88 Å². The second-order valence-electron chi connectivity index (χ2n) is 6.24. The molecule has 0 aliphatic carbocycles. The van der Waals surface area contributed by atoms with Gasteiger partial charge < -0.3 is 15.5 Å². The van der Waals surface area contributed by atoms with Crippen LogP contribution in [0.15, 0.2) is 0 Å². The molecule has 3 unspecified atom stereocenters. The molecule has 1 aliphatic rings. The second kappa shape index (κ2) is 6.22. The molecular formula is C15H26N4OS. The van der Waals surface area contributed by atoms with E-state index >= 15 is 0 Å². The maximum absolute atomic E-state index is 12.8. The van der Waals surface area contributed by atoms with Gasteiger partial charge in [0.15, 0.2) is 5.13 Å². The summed E-state index contributed by atoms with van der Waals surface area (Å²) >= 11 is 1.40. The molecule has 1 amide bonds. The van der Waals surface area contributed by atoms with Crippen LogP contribution in [0.1, 0.15) is 43.8 Å². The average Bonchev–Trinajstić information content (AvgIpc) is 2.83. The van der Waals surface area contributed by atoms with Crippen LogP contribution in [0.5, 0.6) is 0 Å². The Kier molecular flexibility index (Phi) is 4.76. The SMILES string of the molecule is CCN(C)c1nc(N)c(C(=O)N2CC(C)CC(C)C2C)s1. The minimum absolute atomic E-state index is 0.0339. The third-order valence-electron chi connectivity index (χ3n) is 4.50. The van der Waals surface area contributed by atoms with Gasteiger partial charge in [0.2, 0.25) is 0 Å². The van der Waals surface area contributed by atoms with Crippen molar-refractivity contribution in [3.8, 4) is 0 Å². The monoisotopic (exact) mass is 310 g/mol. The fraction of sp³-hybridized carbons (Fsp3) is 0.733. The number of hydrogen-bond donors (Lipinski definition) is 1. The number of thiazole rings is 1. The van der Waals surface area contributed by atoms with Crippen LogP contribution in [-0.4, -0.2) is 42.0 Å². The molecule has 1 aromatic heterocycles. The van der Waals surface area contributed by atoms with Gasteiger partial charge in [-0.15, -0.1) is 0 Å². The normalized spacial score (nSPS) is 26.0. The molecule has 0 spiro atoms. The molecule has 21 heavy (non-hydrogen) atoms. The molecule has 2 heterocycles. The molecule has 2 N–H and O–H groups in total. The summed E-state index contributed by atoms with van der Waals surface area (Å²) in [5, 5.41) is 0.809. The van der Waals surface area contributed by atoms with Gasteiger partial charge in [0, 0.05) is 26.2 Å². The van der Waals surface area contributed by atoms with Crippen molar-refractivity contribution in [2.24, 2.45) is 11.8 Å². The van der Waals surface area contributed by atoms with Crippen LogP contribution < -0.4 is 10.6 Å². The predicted octanol–water partition coefficient (Wildman–Crippen LogP) is 2.69. The number of nitrogen functional groups attached to an aromatic ring is 1. The molecular weight excluding hydrogens is 284 g/mol. The maximum Gasteiger partial charge on any atom is 0.268 e. The number of aromatic nitrogens is 1. The van der Waals surface area contributed by atoms with E-state index in [0.29, 0.717) is 22.5 Å². The molecule has 1 fully saturated rings. The Bertz CT molecular complexity index is 516. The van der Waals surface area contributed by atoms with Crippen LogP contribution in [0.4, 0.5) is 10.9 Å². The topological polar surface area (TPSA) is 62.5 Å². The van der Waals surface area contributed by atoms with Crippen molar-refractivity contribution in [2.45, 2.75) is 40.2 Å². The highest BCUT2D eigenvalue weighted by Crippen LogP contribution is 2.33. The summed E-state index contributed by atoms with van der Waals surface area (Å²) in [5.74, 6) is 1.45. The molecule has 1 aliphatic heterocycles. The van der Waals surface area contributed by atoms with Crippen LogP contribution in [0.2, 0.25) is 0 Å². The average molecular weight is 310 g/mol. The zero-order valence-corrected chi connectivity index (χ0v) is 14.4. The van der Waals surface area contributed by atoms with Gasteiger partial charge in [-0.05, 0) is 32.1 Å². The predicted molar refractivity (Wildman–Crippen MR) is 88.9 cm³/mol. The van der Waals surface area contributed by atoms with Gasteiger partial charge in [0.05, 0.1) is 0 Å². The Morgan fingerprint density at radius 1 is 1.48 bits per heavy atom. The number of amides is 1. The van der Waals surface area contributed by atoms with Crippen LogP contribution >= 0.6 is 11.3 Å². The molecule has 3 atom stereocenters. The summed E-state index contributed by atoms with van der Waals surface area (Å²) in [6, 6.07) is 0.252. The summed E-state index contributed by atoms with van der Waals surface area (Å²) < 4.78 is 0. The Morgan fingerprint density at radius 3 is 2.76 bits per heavy atom. The number of rotatable bonds is 3. The first kappa shape index (κ1) is 16.1. The number of piperidine rings is 1.